The zero-order valence-corrected chi connectivity index (χ0v) is 24.0. The molecule has 5 rings (SSSR count). The number of carboxylic acids is 1. The van der Waals surface area contributed by atoms with Gasteiger partial charge in [-0.25, -0.2) is 9.79 Å². The van der Waals surface area contributed by atoms with Gasteiger partial charge in [-0.3, -0.25) is 14.5 Å². The van der Waals surface area contributed by atoms with Gasteiger partial charge in [0.05, 0.1) is 13.0 Å². The summed E-state index contributed by atoms with van der Waals surface area (Å²) in [5, 5.41) is 22.6. The number of hydrogen-bond acceptors (Lipinski definition) is 6. The van der Waals surface area contributed by atoms with E-state index in [1.807, 2.05) is 43.3 Å². The lowest BCUT2D eigenvalue weighted by Crippen LogP contribution is -2.34. The minimum Gasteiger partial charge on any atom is -0.481 e. The van der Waals surface area contributed by atoms with Gasteiger partial charge in [-0.05, 0) is 85.7 Å². The molecule has 0 fully saturated rings. The molecule has 1 aliphatic heterocycles. The van der Waals surface area contributed by atoms with Crippen molar-refractivity contribution >= 4 is 40.7 Å². The van der Waals surface area contributed by atoms with Crippen molar-refractivity contribution in [2.75, 3.05) is 16.8 Å². The number of nitrogens with one attached hydrogen (secondary N) is 2. The number of aliphatic imine (C=N–C) groups is 1. The molecule has 1 unspecified atom stereocenters. The van der Waals surface area contributed by atoms with E-state index in [0.29, 0.717) is 17.1 Å². The van der Waals surface area contributed by atoms with E-state index < -0.39 is 5.97 Å². The van der Waals surface area contributed by atoms with Crippen molar-refractivity contribution in [2.24, 2.45) is 15.2 Å². The first-order chi connectivity index (χ1) is 20.9. The van der Waals surface area contributed by atoms with E-state index in [9.17, 15) is 14.4 Å². The molecule has 10 heteroatoms. The SMILES string of the molecule is CC1N=NC(c2cccc(NC(=O)N(Cc3ccc(C(=O)NCCC(=O)O)cc3)c3ccc(C4=CCCCC4)cc3)c2)=N1. The number of carbonyl (C=O) groups excluding carboxylic acids is 2. The standard InChI is InChI=1S/C33H34N6O4/c1-22-35-31(38-37-22)27-8-5-9-28(20-27)36-33(43)39(29-16-14-25(15-17-29)24-6-3-2-4-7-24)21-23-10-12-26(13-11-23)32(42)34-19-18-30(40)41/h5-6,8-17,20,22H,2-4,7,18-19,21H2,1H3,(H,34,42)(H,36,43)(H,40,41). The first kappa shape index (κ1) is 29.4. The summed E-state index contributed by atoms with van der Waals surface area (Å²) in [7, 11) is 0. The minimum atomic E-state index is -0.975. The molecule has 0 saturated heterocycles. The molecule has 0 spiro atoms. The second-order valence-corrected chi connectivity index (χ2v) is 10.5. The van der Waals surface area contributed by atoms with Crippen LogP contribution >= 0.6 is 0 Å². The molecule has 1 heterocycles. The highest BCUT2D eigenvalue weighted by molar-refractivity contribution is 6.04. The Labute approximate surface area is 250 Å². The van der Waals surface area contributed by atoms with Crippen molar-refractivity contribution in [1.29, 1.82) is 0 Å². The summed E-state index contributed by atoms with van der Waals surface area (Å²) < 4.78 is 0. The van der Waals surface area contributed by atoms with Crippen LogP contribution in [0.15, 0.2) is 94.1 Å². The maximum Gasteiger partial charge on any atom is 0.326 e. The van der Waals surface area contributed by atoms with Crippen molar-refractivity contribution in [3.05, 3.63) is 101 Å². The van der Waals surface area contributed by atoms with Crippen LogP contribution < -0.4 is 15.5 Å². The molecule has 2 aliphatic rings. The van der Waals surface area contributed by atoms with E-state index in [-0.39, 0.29) is 37.6 Å². The quantitative estimate of drug-likeness (QED) is 0.248. The number of anilines is 2. The topological polar surface area (TPSA) is 136 Å². The number of carbonyl (C=O) groups is 3. The molecule has 0 aromatic heterocycles. The minimum absolute atomic E-state index is 0.0488. The fraction of sp³-hybridized carbons (Fsp3) is 0.273. The zero-order valence-electron chi connectivity index (χ0n) is 24.0. The third kappa shape index (κ3) is 7.79. The van der Waals surface area contributed by atoms with E-state index in [4.69, 9.17) is 5.11 Å². The number of benzene rings is 3. The molecule has 3 aromatic carbocycles. The predicted molar refractivity (Wildman–Crippen MR) is 166 cm³/mol. The van der Waals surface area contributed by atoms with Gasteiger partial charge >= 0.3 is 12.0 Å². The van der Waals surface area contributed by atoms with Crippen molar-refractivity contribution in [2.45, 2.75) is 51.7 Å². The molecule has 3 amide bonds. The van der Waals surface area contributed by atoms with Crippen LogP contribution in [0.2, 0.25) is 0 Å². The van der Waals surface area contributed by atoms with Gasteiger partial charge in [0.2, 0.25) is 0 Å². The molecule has 10 nitrogen and oxygen atoms in total. The molecule has 3 N–H and O–H groups in total. The summed E-state index contributed by atoms with van der Waals surface area (Å²) in [6.45, 7) is 2.16. The van der Waals surface area contributed by atoms with Gasteiger partial charge in [0, 0.05) is 29.0 Å². The summed E-state index contributed by atoms with van der Waals surface area (Å²) in [6, 6.07) is 22.0. The van der Waals surface area contributed by atoms with Crippen LogP contribution in [0.25, 0.3) is 5.57 Å². The van der Waals surface area contributed by atoms with Crippen molar-refractivity contribution in [3.8, 4) is 0 Å². The highest BCUT2D eigenvalue weighted by Gasteiger charge is 2.19. The molecule has 1 aliphatic carbocycles. The van der Waals surface area contributed by atoms with E-state index in [1.165, 1.54) is 18.4 Å². The number of azo groups is 1. The van der Waals surface area contributed by atoms with E-state index in [1.54, 1.807) is 29.2 Å². The van der Waals surface area contributed by atoms with Crippen LogP contribution in [0, 0.1) is 0 Å². The number of urea groups is 1. The first-order valence-electron chi connectivity index (χ1n) is 14.4. The predicted octanol–water partition coefficient (Wildman–Crippen LogP) is 6.65. The lowest BCUT2D eigenvalue weighted by Gasteiger charge is -2.24. The molecule has 0 bridgehead atoms. The zero-order chi connectivity index (χ0) is 30.2. The highest BCUT2D eigenvalue weighted by Crippen LogP contribution is 2.29. The van der Waals surface area contributed by atoms with Crippen LogP contribution in [0.4, 0.5) is 16.2 Å². The Morgan fingerprint density at radius 2 is 1.77 bits per heavy atom. The second kappa shape index (κ2) is 13.7. The van der Waals surface area contributed by atoms with Crippen molar-refractivity contribution in [1.82, 2.24) is 5.32 Å². The normalized spacial score (nSPS) is 15.8. The average Bonchev–Trinajstić information content (AvgIpc) is 3.47. The third-order valence-corrected chi connectivity index (χ3v) is 7.27. The van der Waals surface area contributed by atoms with Crippen LogP contribution in [-0.4, -0.2) is 41.6 Å². The molecule has 3 aromatic rings. The molecule has 0 radical (unpaired) electrons. The molecule has 1 atom stereocenters. The summed E-state index contributed by atoms with van der Waals surface area (Å²) in [6.07, 6.45) is 6.47. The van der Waals surface area contributed by atoms with Gasteiger partial charge in [-0.1, -0.05) is 42.5 Å². The molecular formula is C33H34N6O4. The molecule has 220 valence electrons. The van der Waals surface area contributed by atoms with Gasteiger partial charge < -0.3 is 15.7 Å². The maximum atomic E-state index is 13.8. The fourth-order valence-electron chi connectivity index (χ4n) is 4.99. The number of allylic oxidation sites excluding steroid dienone is 2. The summed E-state index contributed by atoms with van der Waals surface area (Å²) in [4.78, 5) is 42.9. The Bertz CT molecular complexity index is 1580. The van der Waals surface area contributed by atoms with Gasteiger partial charge in [0.1, 0.15) is 0 Å². The monoisotopic (exact) mass is 578 g/mol. The van der Waals surface area contributed by atoms with Crippen molar-refractivity contribution in [3.63, 3.8) is 0 Å². The Morgan fingerprint density at radius 3 is 2.44 bits per heavy atom. The number of nitrogens with zero attached hydrogens (tertiary/aromatic N) is 4. The van der Waals surface area contributed by atoms with E-state index in [2.05, 4.69) is 44.1 Å². The highest BCUT2D eigenvalue weighted by atomic mass is 16.4. The number of carboxylic acid groups (broad SMARTS) is 1. The van der Waals surface area contributed by atoms with Crippen LogP contribution in [0.5, 0.6) is 0 Å². The van der Waals surface area contributed by atoms with Crippen LogP contribution in [0.1, 0.15) is 66.1 Å². The van der Waals surface area contributed by atoms with E-state index >= 15 is 0 Å². The lowest BCUT2D eigenvalue weighted by molar-refractivity contribution is -0.136. The smallest absolute Gasteiger partial charge is 0.326 e. The van der Waals surface area contributed by atoms with Crippen LogP contribution in [0.3, 0.4) is 0 Å². The van der Waals surface area contributed by atoms with Gasteiger partial charge in [-0.2, -0.15) is 5.11 Å². The molecule has 43 heavy (non-hydrogen) atoms. The second-order valence-electron chi connectivity index (χ2n) is 10.5. The average molecular weight is 579 g/mol. The lowest BCUT2D eigenvalue weighted by atomic mass is 9.93. The summed E-state index contributed by atoms with van der Waals surface area (Å²) >= 11 is 0. The van der Waals surface area contributed by atoms with Gasteiger partial charge in [-0.15, -0.1) is 5.11 Å². The Kier molecular flexibility index (Phi) is 9.36. The number of amides is 3. The van der Waals surface area contributed by atoms with Gasteiger partial charge in [0.15, 0.2) is 12.0 Å². The van der Waals surface area contributed by atoms with Gasteiger partial charge in [0.25, 0.3) is 5.91 Å². The van der Waals surface area contributed by atoms with Crippen molar-refractivity contribution < 1.29 is 19.5 Å². The largest absolute Gasteiger partial charge is 0.481 e. The molecule has 0 saturated carbocycles. The first-order valence-corrected chi connectivity index (χ1v) is 14.4. The van der Waals surface area contributed by atoms with Crippen LogP contribution in [-0.2, 0) is 11.3 Å². The fourth-order valence-corrected chi connectivity index (χ4v) is 4.99. The number of aliphatic carboxylic acids is 1. The number of hydrogen-bond donors (Lipinski definition) is 3. The summed E-state index contributed by atoms with van der Waals surface area (Å²) in [5.74, 6) is -0.799. The Morgan fingerprint density at radius 1 is 0.977 bits per heavy atom. The Balaban J connectivity index is 1.35. The number of rotatable bonds is 10. The van der Waals surface area contributed by atoms with E-state index in [0.717, 1.165) is 35.2 Å². The maximum absolute atomic E-state index is 13.8. The Hall–Kier alpha value is -5.12. The molecular weight excluding hydrogens is 544 g/mol. The summed E-state index contributed by atoms with van der Waals surface area (Å²) in [5.41, 5.74) is 5.82. The third-order valence-electron chi connectivity index (χ3n) is 7.27. The number of amidine groups is 1.